The number of hydrogen-bond acceptors (Lipinski definition) is 3. The van der Waals surface area contributed by atoms with Crippen LogP contribution in [0.5, 0.6) is 17.2 Å². The van der Waals surface area contributed by atoms with Crippen molar-refractivity contribution in [1.29, 1.82) is 0 Å². The van der Waals surface area contributed by atoms with Crippen molar-refractivity contribution in [2.75, 3.05) is 14.2 Å². The van der Waals surface area contributed by atoms with Crippen molar-refractivity contribution in [3.8, 4) is 17.2 Å². The summed E-state index contributed by atoms with van der Waals surface area (Å²) >= 11 is 0. The molecule has 1 aromatic carbocycles. The number of aromatic hydroxyl groups is 1. The highest BCUT2D eigenvalue weighted by molar-refractivity contribution is 5.58. The van der Waals surface area contributed by atoms with E-state index < -0.39 is 0 Å². The Morgan fingerprint density at radius 3 is 1.69 bits per heavy atom. The average molecular weight is 182 g/mol. The van der Waals surface area contributed by atoms with Crippen molar-refractivity contribution in [2.24, 2.45) is 0 Å². The third-order valence-corrected chi connectivity index (χ3v) is 1.99. The van der Waals surface area contributed by atoms with Gasteiger partial charge in [0.1, 0.15) is 0 Å². The van der Waals surface area contributed by atoms with E-state index in [4.69, 9.17) is 9.47 Å². The molecule has 0 aliphatic carbocycles. The van der Waals surface area contributed by atoms with Crippen molar-refractivity contribution in [2.45, 2.75) is 13.8 Å². The van der Waals surface area contributed by atoms with Gasteiger partial charge in [0, 0.05) is 0 Å². The van der Waals surface area contributed by atoms with E-state index in [9.17, 15) is 5.11 Å². The van der Waals surface area contributed by atoms with Gasteiger partial charge in [-0.1, -0.05) is 0 Å². The molecule has 3 heteroatoms. The summed E-state index contributed by atoms with van der Waals surface area (Å²) in [5.41, 5.74) is 1.80. The molecule has 1 N–H and O–H groups in total. The van der Waals surface area contributed by atoms with E-state index in [-0.39, 0.29) is 5.75 Å². The molecule has 0 heterocycles. The topological polar surface area (TPSA) is 38.7 Å². The maximum atomic E-state index is 9.70. The third-order valence-electron chi connectivity index (χ3n) is 1.99. The van der Waals surface area contributed by atoms with E-state index >= 15 is 0 Å². The van der Waals surface area contributed by atoms with Gasteiger partial charge in [0.25, 0.3) is 0 Å². The summed E-state index contributed by atoms with van der Waals surface area (Å²) in [7, 11) is 3.05. The first-order chi connectivity index (χ1) is 6.11. The van der Waals surface area contributed by atoms with Gasteiger partial charge in [-0.15, -0.1) is 0 Å². The van der Waals surface area contributed by atoms with Crippen LogP contribution in [-0.2, 0) is 0 Å². The molecule has 0 unspecified atom stereocenters. The Morgan fingerprint density at radius 1 is 1.00 bits per heavy atom. The van der Waals surface area contributed by atoms with E-state index in [1.165, 1.54) is 14.2 Å². The van der Waals surface area contributed by atoms with Crippen molar-refractivity contribution in [3.63, 3.8) is 0 Å². The molecule has 0 atom stereocenters. The van der Waals surface area contributed by atoms with Gasteiger partial charge in [-0.05, 0) is 31.0 Å². The summed E-state index contributed by atoms with van der Waals surface area (Å²) in [6.07, 6.45) is 0. The molecule has 0 bridgehead atoms. The molecule has 0 aliphatic rings. The second-order valence-electron chi connectivity index (χ2n) is 2.93. The SMILES string of the molecule is COc1c(C)cc(C)c(OC)c1O. The fourth-order valence-electron chi connectivity index (χ4n) is 1.45. The van der Waals surface area contributed by atoms with E-state index in [0.29, 0.717) is 11.5 Å². The number of rotatable bonds is 2. The van der Waals surface area contributed by atoms with Gasteiger partial charge in [0.05, 0.1) is 14.2 Å². The van der Waals surface area contributed by atoms with Crippen LogP contribution in [0.2, 0.25) is 0 Å². The summed E-state index contributed by atoms with van der Waals surface area (Å²) in [6, 6.07) is 1.91. The Labute approximate surface area is 77.9 Å². The Bertz CT molecular complexity index is 290. The van der Waals surface area contributed by atoms with Crippen molar-refractivity contribution < 1.29 is 14.6 Å². The molecule has 0 radical (unpaired) electrons. The van der Waals surface area contributed by atoms with Crippen LogP contribution in [0.15, 0.2) is 6.07 Å². The Morgan fingerprint density at radius 2 is 1.38 bits per heavy atom. The molecule has 0 saturated carbocycles. The number of benzene rings is 1. The van der Waals surface area contributed by atoms with Crippen LogP contribution < -0.4 is 9.47 Å². The minimum Gasteiger partial charge on any atom is -0.502 e. The lowest BCUT2D eigenvalue weighted by Gasteiger charge is -2.12. The van der Waals surface area contributed by atoms with Gasteiger partial charge >= 0.3 is 0 Å². The predicted molar refractivity (Wildman–Crippen MR) is 50.7 cm³/mol. The van der Waals surface area contributed by atoms with Crippen LogP contribution in [0.25, 0.3) is 0 Å². The number of phenols is 1. The second kappa shape index (κ2) is 3.56. The van der Waals surface area contributed by atoms with E-state index in [1.54, 1.807) is 0 Å². The predicted octanol–water partition coefficient (Wildman–Crippen LogP) is 2.03. The monoisotopic (exact) mass is 182 g/mol. The molecule has 0 amide bonds. The summed E-state index contributed by atoms with van der Waals surface area (Å²) < 4.78 is 10.1. The Balaban J connectivity index is 3.39. The van der Waals surface area contributed by atoms with E-state index in [1.807, 2.05) is 19.9 Å². The highest BCUT2D eigenvalue weighted by atomic mass is 16.5. The normalized spacial score (nSPS) is 9.85. The minimum absolute atomic E-state index is 0.0718. The molecule has 0 fully saturated rings. The zero-order valence-corrected chi connectivity index (χ0v) is 8.34. The maximum Gasteiger partial charge on any atom is 0.201 e. The lowest BCUT2D eigenvalue weighted by atomic mass is 10.1. The molecular weight excluding hydrogens is 168 g/mol. The fourth-order valence-corrected chi connectivity index (χ4v) is 1.45. The largest absolute Gasteiger partial charge is 0.502 e. The van der Waals surface area contributed by atoms with Gasteiger partial charge in [0.15, 0.2) is 11.5 Å². The van der Waals surface area contributed by atoms with Crippen molar-refractivity contribution in [3.05, 3.63) is 17.2 Å². The van der Waals surface area contributed by atoms with Crippen molar-refractivity contribution in [1.82, 2.24) is 0 Å². The minimum atomic E-state index is 0.0718. The molecule has 0 aromatic heterocycles. The van der Waals surface area contributed by atoms with Crippen LogP contribution in [0, 0.1) is 13.8 Å². The molecule has 1 rings (SSSR count). The summed E-state index contributed by atoms with van der Waals surface area (Å²) in [5, 5.41) is 9.70. The van der Waals surface area contributed by atoms with E-state index in [0.717, 1.165) is 11.1 Å². The lowest BCUT2D eigenvalue weighted by molar-refractivity contribution is 0.336. The molecular formula is C10H14O3. The number of hydrogen-bond donors (Lipinski definition) is 1. The lowest BCUT2D eigenvalue weighted by Crippen LogP contribution is -1.94. The second-order valence-corrected chi connectivity index (χ2v) is 2.93. The van der Waals surface area contributed by atoms with Crippen molar-refractivity contribution >= 4 is 0 Å². The quantitative estimate of drug-likeness (QED) is 0.760. The first-order valence-electron chi connectivity index (χ1n) is 4.03. The number of phenolic OH excluding ortho intramolecular Hbond substituents is 1. The average Bonchev–Trinajstić information content (AvgIpc) is 2.04. The van der Waals surface area contributed by atoms with Gasteiger partial charge in [-0.3, -0.25) is 0 Å². The Kier molecular flexibility index (Phi) is 2.66. The molecule has 0 spiro atoms. The molecule has 72 valence electrons. The first-order valence-corrected chi connectivity index (χ1v) is 4.03. The highest BCUT2D eigenvalue weighted by Gasteiger charge is 2.14. The molecule has 0 saturated heterocycles. The van der Waals surface area contributed by atoms with Crippen LogP contribution in [0.4, 0.5) is 0 Å². The van der Waals surface area contributed by atoms with Crippen LogP contribution >= 0.6 is 0 Å². The maximum absolute atomic E-state index is 9.70. The van der Waals surface area contributed by atoms with Gasteiger partial charge in [-0.2, -0.15) is 0 Å². The fraction of sp³-hybridized carbons (Fsp3) is 0.400. The third kappa shape index (κ3) is 1.54. The Hall–Kier alpha value is -1.38. The summed E-state index contributed by atoms with van der Waals surface area (Å²) in [5.74, 6) is 1.02. The zero-order valence-electron chi connectivity index (χ0n) is 8.34. The van der Waals surface area contributed by atoms with Gasteiger partial charge < -0.3 is 14.6 Å². The number of aryl methyl sites for hydroxylation is 2. The standard InChI is InChI=1S/C10H14O3/c1-6-5-7(2)10(13-4)8(11)9(6)12-3/h5,11H,1-4H3. The number of methoxy groups -OCH3 is 2. The smallest absolute Gasteiger partial charge is 0.201 e. The van der Waals surface area contributed by atoms with E-state index in [2.05, 4.69) is 0 Å². The molecule has 0 aliphatic heterocycles. The zero-order chi connectivity index (χ0) is 10.0. The van der Waals surface area contributed by atoms with Crippen LogP contribution in [0.3, 0.4) is 0 Å². The van der Waals surface area contributed by atoms with Gasteiger partial charge in [-0.25, -0.2) is 0 Å². The van der Waals surface area contributed by atoms with Crippen LogP contribution in [-0.4, -0.2) is 19.3 Å². The highest BCUT2D eigenvalue weighted by Crippen LogP contribution is 2.40. The summed E-state index contributed by atoms with van der Waals surface area (Å²) in [6.45, 7) is 3.76. The number of ether oxygens (including phenoxy) is 2. The molecule has 3 nitrogen and oxygen atoms in total. The summed E-state index contributed by atoms with van der Waals surface area (Å²) in [4.78, 5) is 0. The molecule has 1 aromatic rings. The first kappa shape index (κ1) is 9.71. The van der Waals surface area contributed by atoms with Crippen LogP contribution in [0.1, 0.15) is 11.1 Å². The molecule has 13 heavy (non-hydrogen) atoms. The van der Waals surface area contributed by atoms with Gasteiger partial charge in [0.2, 0.25) is 5.75 Å².